The summed E-state index contributed by atoms with van der Waals surface area (Å²) >= 11 is 0. The van der Waals surface area contributed by atoms with Gasteiger partial charge < -0.3 is 26.2 Å². The van der Waals surface area contributed by atoms with E-state index in [4.69, 9.17) is 15.9 Å². The zero-order chi connectivity index (χ0) is 15.8. The van der Waals surface area contributed by atoms with E-state index in [1.807, 2.05) is 0 Å². The number of nitrogens with zero attached hydrogens (tertiary/aromatic N) is 1. The molecule has 1 saturated carbocycles. The highest BCUT2D eigenvalue weighted by molar-refractivity contribution is 5.83. The molecular weight excluding hydrogens is 278 g/mol. The lowest BCUT2D eigenvalue weighted by atomic mass is 9.91. The summed E-state index contributed by atoms with van der Waals surface area (Å²) in [4.78, 5) is 35.6. The first-order valence-corrected chi connectivity index (χ1v) is 7.14. The molecule has 5 N–H and O–H groups in total. The Balaban J connectivity index is 2.58. The second-order valence-corrected chi connectivity index (χ2v) is 5.20. The highest BCUT2D eigenvalue weighted by Crippen LogP contribution is 2.25. The second kappa shape index (κ2) is 8.46. The molecule has 0 bridgehead atoms. The zero-order valence-electron chi connectivity index (χ0n) is 12.0. The number of urea groups is 1. The molecule has 1 aliphatic carbocycles. The van der Waals surface area contributed by atoms with Crippen LogP contribution in [0.3, 0.4) is 0 Å². The topological polar surface area (TPSA) is 133 Å². The third-order valence-corrected chi connectivity index (χ3v) is 3.61. The first-order valence-electron chi connectivity index (χ1n) is 7.14. The van der Waals surface area contributed by atoms with Gasteiger partial charge in [0, 0.05) is 25.6 Å². The summed E-state index contributed by atoms with van der Waals surface area (Å²) < 4.78 is 0. The van der Waals surface area contributed by atoms with Gasteiger partial charge in [0.2, 0.25) is 5.91 Å². The van der Waals surface area contributed by atoms with Crippen LogP contribution in [-0.2, 0) is 9.59 Å². The fourth-order valence-corrected chi connectivity index (χ4v) is 2.17. The van der Waals surface area contributed by atoms with E-state index < -0.39 is 23.9 Å². The van der Waals surface area contributed by atoms with Gasteiger partial charge in [0.1, 0.15) is 6.04 Å². The van der Waals surface area contributed by atoms with Gasteiger partial charge in [-0.3, -0.25) is 4.79 Å². The monoisotopic (exact) mass is 301 g/mol. The lowest BCUT2D eigenvalue weighted by Gasteiger charge is -2.38. The Kier molecular flexibility index (Phi) is 6.93. The highest BCUT2D eigenvalue weighted by Gasteiger charge is 2.30. The number of hydrogen-bond donors (Lipinski definition) is 4. The van der Waals surface area contributed by atoms with Gasteiger partial charge in [0.05, 0.1) is 0 Å². The minimum Gasteiger partial charge on any atom is -0.480 e. The van der Waals surface area contributed by atoms with Crippen LogP contribution < -0.4 is 11.1 Å². The van der Waals surface area contributed by atoms with E-state index in [1.165, 1.54) is 0 Å². The zero-order valence-corrected chi connectivity index (χ0v) is 12.0. The summed E-state index contributed by atoms with van der Waals surface area (Å²) in [6.45, 7) is 0.357. The summed E-state index contributed by atoms with van der Waals surface area (Å²) in [6.07, 6.45) is 3.13. The maximum atomic E-state index is 12.2. The van der Waals surface area contributed by atoms with Crippen LogP contribution in [0.25, 0.3) is 0 Å². The molecule has 0 aromatic heterocycles. The van der Waals surface area contributed by atoms with Crippen molar-refractivity contribution in [3.63, 3.8) is 0 Å². The Morgan fingerprint density at radius 3 is 2.43 bits per heavy atom. The molecular formula is C13H23N3O5. The summed E-state index contributed by atoms with van der Waals surface area (Å²) in [6, 6.07) is -1.51. The number of aliphatic hydroxyl groups excluding tert-OH is 1. The van der Waals surface area contributed by atoms with Gasteiger partial charge in [-0.15, -0.1) is 0 Å². The number of hydrogen-bond acceptors (Lipinski definition) is 4. The van der Waals surface area contributed by atoms with Gasteiger partial charge in [0.15, 0.2) is 0 Å². The van der Waals surface area contributed by atoms with Gasteiger partial charge in [-0.05, 0) is 32.1 Å². The molecule has 0 spiro atoms. The SMILES string of the molecule is NC(=O)CCC(NC(=O)N(CCCO)C1CCC1)C(=O)O. The van der Waals surface area contributed by atoms with Gasteiger partial charge in [0.25, 0.3) is 0 Å². The first-order chi connectivity index (χ1) is 9.95. The van der Waals surface area contributed by atoms with E-state index in [9.17, 15) is 14.4 Å². The van der Waals surface area contributed by atoms with Crippen molar-refractivity contribution in [1.82, 2.24) is 10.2 Å². The predicted molar refractivity (Wildman–Crippen MR) is 74.4 cm³/mol. The van der Waals surface area contributed by atoms with Crippen LogP contribution in [-0.4, -0.2) is 58.3 Å². The predicted octanol–water partition coefficient (Wildman–Crippen LogP) is -0.348. The van der Waals surface area contributed by atoms with Crippen LogP contribution in [0, 0.1) is 0 Å². The van der Waals surface area contributed by atoms with Crippen LogP contribution in [0.2, 0.25) is 0 Å². The molecule has 0 heterocycles. The molecule has 21 heavy (non-hydrogen) atoms. The van der Waals surface area contributed by atoms with Gasteiger partial charge in [-0.25, -0.2) is 9.59 Å². The average Bonchev–Trinajstić information content (AvgIpc) is 2.36. The summed E-state index contributed by atoms with van der Waals surface area (Å²) in [5.74, 6) is -1.80. The van der Waals surface area contributed by atoms with Crippen molar-refractivity contribution in [2.24, 2.45) is 5.73 Å². The molecule has 0 radical (unpaired) electrons. The maximum Gasteiger partial charge on any atom is 0.326 e. The quantitative estimate of drug-likeness (QED) is 0.462. The van der Waals surface area contributed by atoms with E-state index in [0.717, 1.165) is 19.3 Å². The van der Waals surface area contributed by atoms with Crippen LogP contribution in [0.15, 0.2) is 0 Å². The lowest BCUT2D eigenvalue weighted by molar-refractivity contribution is -0.139. The van der Waals surface area contributed by atoms with Crippen molar-refractivity contribution in [1.29, 1.82) is 0 Å². The minimum atomic E-state index is -1.19. The van der Waals surface area contributed by atoms with Crippen molar-refractivity contribution >= 4 is 17.9 Å². The molecule has 0 saturated heterocycles. The largest absolute Gasteiger partial charge is 0.480 e. The second-order valence-electron chi connectivity index (χ2n) is 5.20. The number of carboxylic acids is 1. The molecule has 0 aromatic carbocycles. The molecule has 1 aliphatic rings. The molecule has 0 aliphatic heterocycles. The van der Waals surface area contributed by atoms with Crippen molar-refractivity contribution in [2.45, 2.75) is 50.6 Å². The Labute approximate surface area is 123 Å². The fraction of sp³-hybridized carbons (Fsp3) is 0.769. The molecule has 1 atom stereocenters. The van der Waals surface area contributed by atoms with Gasteiger partial charge >= 0.3 is 12.0 Å². The number of amides is 3. The van der Waals surface area contributed by atoms with Crippen LogP contribution >= 0.6 is 0 Å². The van der Waals surface area contributed by atoms with Crippen LogP contribution in [0.1, 0.15) is 38.5 Å². The van der Waals surface area contributed by atoms with Gasteiger partial charge in [-0.1, -0.05) is 0 Å². The molecule has 120 valence electrons. The molecule has 1 unspecified atom stereocenters. The molecule has 3 amide bonds. The normalized spacial score (nSPS) is 15.9. The third kappa shape index (κ3) is 5.58. The van der Waals surface area contributed by atoms with Gasteiger partial charge in [-0.2, -0.15) is 0 Å². The molecule has 8 nitrogen and oxygen atoms in total. The van der Waals surface area contributed by atoms with E-state index in [0.29, 0.717) is 13.0 Å². The smallest absolute Gasteiger partial charge is 0.326 e. The fourth-order valence-electron chi connectivity index (χ4n) is 2.17. The first kappa shape index (κ1) is 17.2. The van der Waals surface area contributed by atoms with Crippen molar-refractivity contribution in [3.8, 4) is 0 Å². The highest BCUT2D eigenvalue weighted by atomic mass is 16.4. The Morgan fingerprint density at radius 2 is 2.00 bits per heavy atom. The molecule has 0 aromatic rings. The van der Waals surface area contributed by atoms with Crippen molar-refractivity contribution in [2.75, 3.05) is 13.2 Å². The molecule has 8 heteroatoms. The van der Waals surface area contributed by atoms with E-state index in [2.05, 4.69) is 5.32 Å². The number of carbonyl (C=O) groups excluding carboxylic acids is 2. The number of carbonyl (C=O) groups is 3. The van der Waals surface area contributed by atoms with Crippen LogP contribution in [0.5, 0.6) is 0 Å². The Morgan fingerprint density at radius 1 is 1.33 bits per heavy atom. The lowest BCUT2D eigenvalue weighted by Crippen LogP contribution is -2.53. The number of primary amides is 1. The van der Waals surface area contributed by atoms with Crippen LogP contribution in [0.4, 0.5) is 4.79 Å². The average molecular weight is 301 g/mol. The number of aliphatic hydroxyl groups is 1. The number of carboxylic acid groups (broad SMARTS) is 1. The van der Waals surface area contributed by atoms with E-state index >= 15 is 0 Å². The molecule has 1 rings (SSSR count). The number of aliphatic carboxylic acids is 1. The number of nitrogens with two attached hydrogens (primary N) is 1. The number of rotatable bonds is 9. The third-order valence-electron chi connectivity index (χ3n) is 3.61. The summed E-state index contributed by atoms with van der Waals surface area (Å²) in [7, 11) is 0. The maximum absolute atomic E-state index is 12.2. The number of nitrogens with one attached hydrogen (secondary N) is 1. The van der Waals surface area contributed by atoms with Crippen molar-refractivity contribution < 1.29 is 24.6 Å². The van der Waals surface area contributed by atoms with E-state index in [1.54, 1.807) is 4.90 Å². The van der Waals surface area contributed by atoms with E-state index in [-0.39, 0.29) is 25.5 Å². The summed E-state index contributed by atoms with van der Waals surface area (Å²) in [5.41, 5.74) is 4.99. The Hall–Kier alpha value is -1.83. The summed E-state index contributed by atoms with van der Waals surface area (Å²) in [5, 5.41) is 20.4. The van der Waals surface area contributed by atoms with Crippen molar-refractivity contribution in [3.05, 3.63) is 0 Å². The minimum absolute atomic E-state index is 0.0272. The standard InChI is InChI=1S/C13H23N3O5/c14-11(18)6-5-10(12(19)20)15-13(21)16(7-2-8-17)9-3-1-4-9/h9-10,17H,1-8H2,(H2,14,18)(H,15,21)(H,19,20). The Bertz CT molecular complexity index is 384. The molecule has 1 fully saturated rings.